The largest absolute Gasteiger partial charge is 0.330 e. The van der Waals surface area contributed by atoms with E-state index in [9.17, 15) is 9.59 Å². The average Bonchev–Trinajstić information content (AvgIpc) is 2.28. The molecule has 1 aromatic carbocycles. The van der Waals surface area contributed by atoms with Crippen molar-refractivity contribution in [2.24, 2.45) is 5.73 Å². The van der Waals surface area contributed by atoms with Crippen LogP contribution in [-0.2, 0) is 22.4 Å². The van der Waals surface area contributed by atoms with Crippen LogP contribution in [0, 0.1) is 0 Å². The van der Waals surface area contributed by atoms with Crippen LogP contribution in [0.3, 0.4) is 0 Å². The molecule has 3 nitrogen and oxygen atoms in total. The highest BCUT2D eigenvalue weighted by molar-refractivity contribution is 5.97. The van der Waals surface area contributed by atoms with Crippen LogP contribution in [0.5, 0.6) is 0 Å². The number of carbonyl (C=O) groups is 2. The van der Waals surface area contributed by atoms with Gasteiger partial charge in [-0.1, -0.05) is 24.3 Å². The number of carbonyl (C=O) groups excluding carboxylic acids is 2. The Morgan fingerprint density at radius 1 is 1.06 bits per heavy atom. The number of ketones is 2. The Balaban J connectivity index is 2.41. The highest BCUT2D eigenvalue weighted by Crippen LogP contribution is 2.08. The zero-order chi connectivity index (χ0) is 12.7. The van der Waals surface area contributed by atoms with Gasteiger partial charge in [-0.05, 0) is 37.4 Å². The van der Waals surface area contributed by atoms with Gasteiger partial charge in [-0.15, -0.1) is 0 Å². The van der Waals surface area contributed by atoms with E-state index in [-0.39, 0.29) is 18.0 Å². The lowest BCUT2D eigenvalue weighted by molar-refractivity contribution is -0.125. The number of aryl methyl sites for hydroxylation is 1. The minimum absolute atomic E-state index is 0.0172. The molecule has 0 aliphatic rings. The molecule has 0 atom stereocenters. The Morgan fingerprint density at radius 2 is 1.59 bits per heavy atom. The van der Waals surface area contributed by atoms with Crippen LogP contribution in [0.15, 0.2) is 24.3 Å². The first kappa shape index (κ1) is 13.6. The lowest BCUT2D eigenvalue weighted by atomic mass is 10.0. The summed E-state index contributed by atoms with van der Waals surface area (Å²) < 4.78 is 0. The van der Waals surface area contributed by atoms with E-state index in [0.717, 1.165) is 12.0 Å². The van der Waals surface area contributed by atoms with Gasteiger partial charge in [0.05, 0.1) is 6.42 Å². The summed E-state index contributed by atoms with van der Waals surface area (Å²) in [6.07, 6.45) is 2.08. The van der Waals surface area contributed by atoms with Gasteiger partial charge >= 0.3 is 0 Å². The predicted octanol–water partition coefficient (Wildman–Crippen LogP) is 1.67. The van der Waals surface area contributed by atoms with Crippen molar-refractivity contribution in [2.45, 2.75) is 32.6 Å². The zero-order valence-electron chi connectivity index (χ0n) is 10.2. The molecule has 0 unspecified atom stereocenters. The van der Waals surface area contributed by atoms with Crippen LogP contribution >= 0.6 is 0 Å². The molecule has 1 rings (SSSR count). The fourth-order valence-electron chi connectivity index (χ4n) is 1.69. The molecular formula is C14H19NO2. The summed E-state index contributed by atoms with van der Waals surface area (Å²) in [6.45, 7) is 2.09. The average molecular weight is 233 g/mol. The second-order valence-electron chi connectivity index (χ2n) is 4.27. The maximum absolute atomic E-state index is 11.4. The van der Waals surface area contributed by atoms with Crippen LogP contribution in [0.4, 0.5) is 0 Å². The lowest BCUT2D eigenvalue weighted by Gasteiger charge is -2.03. The van der Waals surface area contributed by atoms with E-state index in [1.165, 1.54) is 12.5 Å². The first-order valence-electron chi connectivity index (χ1n) is 5.91. The number of hydrogen-bond donors (Lipinski definition) is 1. The second kappa shape index (κ2) is 6.97. The molecule has 0 amide bonds. The number of hydrogen-bond acceptors (Lipinski definition) is 3. The maximum atomic E-state index is 11.4. The van der Waals surface area contributed by atoms with Crippen LogP contribution < -0.4 is 5.73 Å². The Morgan fingerprint density at radius 3 is 2.06 bits per heavy atom. The lowest BCUT2D eigenvalue weighted by Crippen LogP contribution is -2.05. The smallest absolute Gasteiger partial charge is 0.140 e. The van der Waals surface area contributed by atoms with Gasteiger partial charge < -0.3 is 5.73 Å². The van der Waals surface area contributed by atoms with Crippen molar-refractivity contribution in [1.29, 1.82) is 0 Å². The van der Waals surface area contributed by atoms with Crippen molar-refractivity contribution in [2.75, 3.05) is 6.54 Å². The van der Waals surface area contributed by atoms with Crippen LogP contribution in [0.2, 0.25) is 0 Å². The van der Waals surface area contributed by atoms with Crippen molar-refractivity contribution in [3.8, 4) is 0 Å². The quantitative estimate of drug-likeness (QED) is 0.729. The number of rotatable bonds is 7. The molecule has 0 fully saturated rings. The third kappa shape index (κ3) is 5.41. The van der Waals surface area contributed by atoms with E-state index in [2.05, 4.69) is 0 Å². The fourth-order valence-corrected chi connectivity index (χ4v) is 1.69. The van der Waals surface area contributed by atoms with E-state index in [1.54, 1.807) is 0 Å². The zero-order valence-corrected chi connectivity index (χ0v) is 10.2. The van der Waals surface area contributed by atoms with Gasteiger partial charge in [-0.2, -0.15) is 0 Å². The van der Waals surface area contributed by atoms with E-state index >= 15 is 0 Å². The van der Waals surface area contributed by atoms with E-state index in [1.807, 2.05) is 24.3 Å². The normalized spacial score (nSPS) is 10.2. The van der Waals surface area contributed by atoms with Crippen molar-refractivity contribution in [3.05, 3.63) is 35.4 Å². The highest BCUT2D eigenvalue weighted by Gasteiger charge is 2.05. The Bertz CT molecular complexity index is 382. The fraction of sp³-hybridized carbons (Fsp3) is 0.429. The first-order chi connectivity index (χ1) is 8.11. The molecule has 0 saturated heterocycles. The van der Waals surface area contributed by atoms with Crippen LogP contribution in [0.1, 0.15) is 30.9 Å². The molecule has 0 aliphatic heterocycles. The minimum atomic E-state index is -0.0618. The van der Waals surface area contributed by atoms with Crippen molar-refractivity contribution in [1.82, 2.24) is 0 Å². The molecule has 0 bridgehead atoms. The van der Waals surface area contributed by atoms with Gasteiger partial charge in [-0.25, -0.2) is 0 Å². The molecule has 0 radical (unpaired) electrons. The van der Waals surface area contributed by atoms with Crippen LogP contribution in [-0.4, -0.2) is 18.1 Å². The minimum Gasteiger partial charge on any atom is -0.330 e. The summed E-state index contributed by atoms with van der Waals surface area (Å²) in [5.74, 6) is -0.0446. The third-order valence-corrected chi connectivity index (χ3v) is 2.59. The summed E-state index contributed by atoms with van der Waals surface area (Å²) in [4.78, 5) is 22.1. The van der Waals surface area contributed by atoms with Crippen molar-refractivity contribution in [3.63, 3.8) is 0 Å². The maximum Gasteiger partial charge on any atom is 0.140 e. The van der Waals surface area contributed by atoms with Gasteiger partial charge in [0.15, 0.2) is 0 Å². The molecular weight excluding hydrogens is 214 g/mol. The summed E-state index contributed by atoms with van der Waals surface area (Å²) in [7, 11) is 0. The van der Waals surface area contributed by atoms with Gasteiger partial charge in [0.25, 0.3) is 0 Å². The molecule has 92 valence electrons. The molecule has 0 aromatic heterocycles. The highest BCUT2D eigenvalue weighted by atomic mass is 16.1. The number of Topliss-reactive ketones (excluding diaryl/α,β-unsaturated/α-hetero) is 2. The molecule has 0 heterocycles. The second-order valence-corrected chi connectivity index (χ2v) is 4.27. The summed E-state index contributed by atoms with van der Waals surface area (Å²) >= 11 is 0. The third-order valence-electron chi connectivity index (χ3n) is 2.59. The van der Waals surface area contributed by atoms with Gasteiger partial charge in [0, 0.05) is 6.42 Å². The molecule has 0 aliphatic carbocycles. The molecule has 2 N–H and O–H groups in total. The van der Waals surface area contributed by atoms with Crippen molar-refractivity contribution < 1.29 is 9.59 Å². The Kier molecular flexibility index (Phi) is 5.57. The first-order valence-corrected chi connectivity index (χ1v) is 5.91. The van der Waals surface area contributed by atoms with Crippen LogP contribution in [0.25, 0.3) is 0 Å². The Hall–Kier alpha value is -1.48. The standard InChI is InChI=1S/C14H19NO2/c1-11(16)10-14(17)7-6-12-2-4-13(5-3-12)8-9-15/h2-5H,6-10,15H2,1H3. The topological polar surface area (TPSA) is 60.2 Å². The summed E-state index contributed by atoms with van der Waals surface area (Å²) in [6, 6.07) is 8.12. The van der Waals surface area contributed by atoms with E-state index in [4.69, 9.17) is 5.73 Å². The molecule has 3 heteroatoms. The Labute approximate surface area is 102 Å². The SMILES string of the molecule is CC(=O)CC(=O)CCc1ccc(CCN)cc1. The monoisotopic (exact) mass is 233 g/mol. The molecule has 17 heavy (non-hydrogen) atoms. The summed E-state index contributed by atoms with van der Waals surface area (Å²) in [5.41, 5.74) is 7.81. The number of nitrogens with two attached hydrogens (primary N) is 1. The van der Waals surface area contributed by atoms with E-state index in [0.29, 0.717) is 19.4 Å². The molecule has 0 spiro atoms. The van der Waals surface area contributed by atoms with Crippen molar-refractivity contribution >= 4 is 11.6 Å². The van der Waals surface area contributed by atoms with Gasteiger partial charge in [0.2, 0.25) is 0 Å². The van der Waals surface area contributed by atoms with E-state index < -0.39 is 0 Å². The molecule has 1 aromatic rings. The molecule has 0 saturated carbocycles. The van der Waals surface area contributed by atoms with Gasteiger partial charge in [-0.3, -0.25) is 9.59 Å². The van der Waals surface area contributed by atoms with Gasteiger partial charge in [0.1, 0.15) is 11.6 Å². The summed E-state index contributed by atoms with van der Waals surface area (Å²) in [5, 5.41) is 0. The number of benzene rings is 1. The predicted molar refractivity (Wildman–Crippen MR) is 67.8 cm³/mol.